The van der Waals surface area contributed by atoms with Gasteiger partial charge in [0.2, 0.25) is 5.91 Å². The molecule has 0 saturated heterocycles. The lowest BCUT2D eigenvalue weighted by molar-refractivity contribution is -0.139. The molecule has 0 fully saturated rings. The number of aryl methyl sites for hydroxylation is 2. The molecule has 1 amide bonds. The molecule has 0 unspecified atom stereocenters. The van der Waals surface area contributed by atoms with Gasteiger partial charge in [-0.1, -0.05) is 18.2 Å². The summed E-state index contributed by atoms with van der Waals surface area (Å²) < 4.78 is 7.71. The predicted octanol–water partition coefficient (Wildman–Crippen LogP) is 3.03. The lowest BCUT2D eigenvalue weighted by Crippen LogP contribution is -2.44. The average Bonchev–Trinajstić information content (AvgIpc) is 2.83. The molecule has 25 heavy (non-hydrogen) atoms. The quantitative estimate of drug-likeness (QED) is 0.859. The molecular weight excluding hydrogens is 314 g/mol. The number of carbonyl (C=O) groups is 1. The van der Waals surface area contributed by atoms with Crippen LogP contribution in [-0.2, 0) is 24.8 Å². The number of rotatable bonds is 4. The maximum atomic E-state index is 13.2. The molecule has 1 aromatic carbocycles. The van der Waals surface area contributed by atoms with Crippen LogP contribution in [0.15, 0.2) is 24.3 Å². The number of ether oxygens (including phenoxy) is 1. The second kappa shape index (κ2) is 6.90. The number of para-hydroxylation sites is 1. The van der Waals surface area contributed by atoms with Gasteiger partial charge < -0.3 is 9.64 Å². The summed E-state index contributed by atoms with van der Waals surface area (Å²) in [7, 11) is 1.94. The summed E-state index contributed by atoms with van der Waals surface area (Å²) in [4.78, 5) is 15.2. The molecule has 0 radical (unpaired) electrons. The smallest absolute Gasteiger partial charge is 0.229 e. The molecule has 1 atom stereocenters. The normalized spacial score (nSPS) is 16.5. The van der Waals surface area contributed by atoms with Crippen molar-refractivity contribution >= 4 is 5.91 Å². The van der Waals surface area contributed by atoms with Crippen molar-refractivity contribution in [2.75, 3.05) is 6.61 Å². The minimum atomic E-state index is -0.130. The average molecular weight is 341 g/mol. The van der Waals surface area contributed by atoms with Gasteiger partial charge in [-0.25, -0.2) is 0 Å². The fourth-order valence-electron chi connectivity index (χ4n) is 3.45. The molecule has 0 spiro atoms. The highest BCUT2D eigenvalue weighted by Gasteiger charge is 2.31. The highest BCUT2D eigenvalue weighted by atomic mass is 16.5. The highest BCUT2D eigenvalue weighted by molar-refractivity contribution is 5.80. The van der Waals surface area contributed by atoms with E-state index in [0.717, 1.165) is 34.7 Å². The van der Waals surface area contributed by atoms with E-state index in [1.54, 1.807) is 0 Å². The Morgan fingerprint density at radius 2 is 2.08 bits per heavy atom. The maximum Gasteiger partial charge on any atom is 0.229 e. The van der Waals surface area contributed by atoms with E-state index in [0.29, 0.717) is 13.2 Å². The zero-order chi connectivity index (χ0) is 18.1. The van der Waals surface area contributed by atoms with Gasteiger partial charge in [-0.2, -0.15) is 5.10 Å². The summed E-state index contributed by atoms with van der Waals surface area (Å²) in [5.41, 5.74) is 4.36. The van der Waals surface area contributed by atoms with Crippen molar-refractivity contribution < 1.29 is 9.53 Å². The molecule has 5 nitrogen and oxygen atoms in total. The molecule has 1 aliphatic heterocycles. The van der Waals surface area contributed by atoms with Crippen LogP contribution >= 0.6 is 0 Å². The minimum absolute atomic E-state index is 0.128. The van der Waals surface area contributed by atoms with Crippen LogP contribution in [0, 0.1) is 19.8 Å². The first-order chi connectivity index (χ1) is 11.9. The Balaban J connectivity index is 1.80. The van der Waals surface area contributed by atoms with E-state index in [-0.39, 0.29) is 17.9 Å². The van der Waals surface area contributed by atoms with Gasteiger partial charge in [-0.05, 0) is 45.7 Å². The first-order valence-electron chi connectivity index (χ1n) is 8.88. The van der Waals surface area contributed by atoms with Crippen molar-refractivity contribution in [3.05, 3.63) is 46.8 Å². The molecular formula is C20H27N3O2. The molecule has 0 bridgehead atoms. The van der Waals surface area contributed by atoms with Crippen molar-refractivity contribution in [1.82, 2.24) is 14.7 Å². The number of benzene rings is 1. The van der Waals surface area contributed by atoms with Crippen LogP contribution in [0.5, 0.6) is 5.75 Å². The number of nitrogens with zero attached hydrogens (tertiary/aromatic N) is 3. The fourth-order valence-corrected chi connectivity index (χ4v) is 3.45. The van der Waals surface area contributed by atoms with E-state index >= 15 is 0 Å². The lowest BCUT2D eigenvalue weighted by atomic mass is 9.95. The third-order valence-corrected chi connectivity index (χ3v) is 5.12. The van der Waals surface area contributed by atoms with Crippen molar-refractivity contribution in [3.63, 3.8) is 0 Å². The lowest BCUT2D eigenvalue weighted by Gasteiger charge is -2.33. The number of hydrogen-bond donors (Lipinski definition) is 0. The Labute approximate surface area is 149 Å². The van der Waals surface area contributed by atoms with E-state index in [4.69, 9.17) is 4.74 Å². The Morgan fingerprint density at radius 1 is 1.36 bits per heavy atom. The van der Waals surface area contributed by atoms with Crippen molar-refractivity contribution in [1.29, 1.82) is 0 Å². The Morgan fingerprint density at radius 3 is 2.72 bits per heavy atom. The standard InChI is InChI=1S/C20H27N3O2/c1-13(2)23(11-18-14(3)21-22(5)15(18)4)20(24)17-10-16-8-6-7-9-19(16)25-12-17/h6-9,13,17H,10-12H2,1-5H3/t17-/m0/s1. The van der Waals surface area contributed by atoms with Gasteiger partial charge in [0.1, 0.15) is 12.4 Å². The molecule has 134 valence electrons. The molecule has 2 aromatic rings. The van der Waals surface area contributed by atoms with Crippen molar-refractivity contribution in [2.24, 2.45) is 13.0 Å². The van der Waals surface area contributed by atoms with Crippen LogP contribution < -0.4 is 4.74 Å². The number of fused-ring (bicyclic) bond motifs is 1. The second-order valence-electron chi connectivity index (χ2n) is 7.15. The summed E-state index contributed by atoms with van der Waals surface area (Å²) in [5, 5.41) is 4.48. The van der Waals surface area contributed by atoms with Crippen molar-refractivity contribution in [2.45, 2.75) is 46.7 Å². The minimum Gasteiger partial charge on any atom is -0.492 e. The fraction of sp³-hybridized carbons (Fsp3) is 0.500. The van der Waals surface area contributed by atoms with E-state index in [1.807, 2.05) is 47.8 Å². The summed E-state index contributed by atoms with van der Waals surface area (Å²) in [6.07, 6.45) is 0.739. The second-order valence-corrected chi connectivity index (χ2v) is 7.15. The molecule has 1 aromatic heterocycles. The monoisotopic (exact) mass is 341 g/mol. The predicted molar refractivity (Wildman–Crippen MR) is 97.5 cm³/mol. The first-order valence-corrected chi connectivity index (χ1v) is 8.88. The number of hydrogen-bond acceptors (Lipinski definition) is 3. The topological polar surface area (TPSA) is 47.4 Å². The number of carbonyl (C=O) groups excluding carboxylic acids is 1. The van der Waals surface area contributed by atoms with Gasteiger partial charge >= 0.3 is 0 Å². The van der Waals surface area contributed by atoms with E-state index < -0.39 is 0 Å². The van der Waals surface area contributed by atoms with Crippen LogP contribution in [0.25, 0.3) is 0 Å². The van der Waals surface area contributed by atoms with Crippen LogP contribution in [0.2, 0.25) is 0 Å². The van der Waals surface area contributed by atoms with E-state index in [1.165, 1.54) is 0 Å². The molecule has 1 aliphatic rings. The third-order valence-electron chi connectivity index (χ3n) is 5.12. The number of amides is 1. The SMILES string of the molecule is Cc1nn(C)c(C)c1CN(C(=O)[C@@H]1COc2ccccc2C1)C(C)C. The molecule has 2 heterocycles. The Kier molecular flexibility index (Phi) is 4.84. The summed E-state index contributed by atoms with van der Waals surface area (Å²) >= 11 is 0. The van der Waals surface area contributed by atoms with Gasteiger partial charge in [0.25, 0.3) is 0 Å². The molecule has 0 saturated carbocycles. The van der Waals surface area contributed by atoms with Gasteiger partial charge in [-0.3, -0.25) is 9.48 Å². The van der Waals surface area contributed by atoms with E-state index in [9.17, 15) is 4.79 Å². The van der Waals surface area contributed by atoms with E-state index in [2.05, 4.69) is 25.9 Å². The molecule has 0 aliphatic carbocycles. The van der Waals surface area contributed by atoms with Crippen LogP contribution in [0.4, 0.5) is 0 Å². The third kappa shape index (κ3) is 3.41. The zero-order valence-electron chi connectivity index (χ0n) is 15.7. The largest absolute Gasteiger partial charge is 0.492 e. The first kappa shape index (κ1) is 17.5. The summed E-state index contributed by atoms with van der Waals surface area (Å²) in [5.74, 6) is 0.934. The Bertz CT molecular complexity index is 779. The maximum absolute atomic E-state index is 13.2. The zero-order valence-corrected chi connectivity index (χ0v) is 15.7. The highest BCUT2D eigenvalue weighted by Crippen LogP contribution is 2.29. The summed E-state index contributed by atoms with van der Waals surface area (Å²) in [6, 6.07) is 8.11. The van der Waals surface area contributed by atoms with Crippen molar-refractivity contribution in [3.8, 4) is 5.75 Å². The molecule has 3 rings (SSSR count). The number of aromatic nitrogens is 2. The van der Waals surface area contributed by atoms with Crippen LogP contribution in [-0.4, -0.2) is 33.2 Å². The van der Waals surface area contributed by atoms with Gasteiger partial charge in [-0.15, -0.1) is 0 Å². The van der Waals surface area contributed by atoms with Gasteiger partial charge in [0, 0.05) is 30.9 Å². The van der Waals surface area contributed by atoms with Crippen LogP contribution in [0.3, 0.4) is 0 Å². The molecule has 0 N–H and O–H groups in total. The van der Waals surface area contributed by atoms with Crippen LogP contribution in [0.1, 0.15) is 36.4 Å². The van der Waals surface area contributed by atoms with Gasteiger partial charge in [0.15, 0.2) is 0 Å². The summed E-state index contributed by atoms with van der Waals surface area (Å²) in [6.45, 7) is 9.24. The van der Waals surface area contributed by atoms with Gasteiger partial charge in [0.05, 0.1) is 11.6 Å². The molecule has 5 heteroatoms. The Hall–Kier alpha value is -2.30.